The van der Waals surface area contributed by atoms with Gasteiger partial charge in [-0.1, -0.05) is 28.9 Å². The summed E-state index contributed by atoms with van der Waals surface area (Å²) in [5, 5.41) is 4.47. The Labute approximate surface area is 156 Å². The van der Waals surface area contributed by atoms with Gasteiger partial charge in [0.2, 0.25) is 10.0 Å². The second kappa shape index (κ2) is 7.90. The molecule has 0 amide bonds. The molecule has 0 fully saturated rings. The van der Waals surface area contributed by atoms with Crippen molar-refractivity contribution in [1.29, 1.82) is 0 Å². The van der Waals surface area contributed by atoms with Crippen molar-refractivity contribution in [3.8, 4) is 17.1 Å². The molecule has 3 aromatic rings. The van der Waals surface area contributed by atoms with Crippen LogP contribution in [-0.2, 0) is 16.4 Å². The maximum atomic E-state index is 12.2. The summed E-state index contributed by atoms with van der Waals surface area (Å²) in [5.74, 6) is 1.32. The molecule has 0 unspecified atom stereocenters. The normalized spacial score (nSPS) is 11.5. The number of hydrogen-bond acceptors (Lipinski definition) is 5. The maximum absolute atomic E-state index is 12.2. The maximum Gasteiger partial charge on any atom is 0.240 e. The van der Waals surface area contributed by atoms with Gasteiger partial charge in [0, 0.05) is 29.6 Å². The third-order valence-corrected chi connectivity index (χ3v) is 5.44. The van der Waals surface area contributed by atoms with E-state index in [-0.39, 0.29) is 11.4 Å². The van der Waals surface area contributed by atoms with Gasteiger partial charge >= 0.3 is 0 Å². The Bertz CT molecular complexity index is 984. The molecule has 1 aromatic heterocycles. The first kappa shape index (κ1) is 18.4. The highest BCUT2D eigenvalue weighted by molar-refractivity contribution is 7.89. The third-order valence-electron chi connectivity index (χ3n) is 3.71. The lowest BCUT2D eigenvalue weighted by atomic mass is 10.1. The van der Waals surface area contributed by atoms with Crippen LogP contribution in [0.3, 0.4) is 0 Å². The summed E-state index contributed by atoms with van der Waals surface area (Å²) in [6.45, 7) is 0.203. The highest BCUT2D eigenvalue weighted by atomic mass is 35.5. The summed E-state index contributed by atoms with van der Waals surface area (Å²) in [5.41, 5.74) is 1.49. The van der Waals surface area contributed by atoms with Gasteiger partial charge in [-0.3, -0.25) is 0 Å². The van der Waals surface area contributed by atoms with Crippen molar-refractivity contribution < 1.29 is 17.7 Å². The summed E-state index contributed by atoms with van der Waals surface area (Å²) < 4.78 is 37.5. The zero-order valence-electron chi connectivity index (χ0n) is 14.0. The van der Waals surface area contributed by atoms with E-state index in [0.29, 0.717) is 22.9 Å². The first-order valence-corrected chi connectivity index (χ1v) is 9.69. The van der Waals surface area contributed by atoms with E-state index in [4.69, 9.17) is 20.9 Å². The van der Waals surface area contributed by atoms with E-state index in [2.05, 4.69) is 9.88 Å². The molecule has 1 heterocycles. The second-order valence-electron chi connectivity index (χ2n) is 5.52. The summed E-state index contributed by atoms with van der Waals surface area (Å²) in [6, 6.07) is 15.2. The lowest BCUT2D eigenvalue weighted by molar-refractivity contribution is 0.412. The van der Waals surface area contributed by atoms with E-state index in [9.17, 15) is 8.42 Å². The fourth-order valence-electron chi connectivity index (χ4n) is 2.35. The molecule has 0 radical (unpaired) electrons. The van der Waals surface area contributed by atoms with Crippen molar-refractivity contribution in [3.63, 3.8) is 0 Å². The summed E-state index contributed by atoms with van der Waals surface area (Å²) in [4.78, 5) is 0.166. The van der Waals surface area contributed by atoms with Crippen molar-refractivity contribution in [2.75, 3.05) is 13.7 Å². The summed E-state index contributed by atoms with van der Waals surface area (Å²) in [7, 11) is -1.99. The topological polar surface area (TPSA) is 81.4 Å². The van der Waals surface area contributed by atoms with Crippen LogP contribution in [0.25, 0.3) is 11.3 Å². The van der Waals surface area contributed by atoms with Crippen LogP contribution in [0.4, 0.5) is 0 Å². The van der Waals surface area contributed by atoms with E-state index in [1.165, 1.54) is 24.3 Å². The number of ether oxygens (including phenoxy) is 1. The number of nitrogens with zero attached hydrogens (tertiary/aromatic N) is 1. The first-order valence-electron chi connectivity index (χ1n) is 7.83. The van der Waals surface area contributed by atoms with Crippen LogP contribution in [-0.4, -0.2) is 27.2 Å². The van der Waals surface area contributed by atoms with E-state index < -0.39 is 10.0 Å². The molecule has 0 bridgehead atoms. The highest BCUT2D eigenvalue weighted by Crippen LogP contribution is 2.24. The average Bonchev–Trinajstić information content (AvgIpc) is 3.11. The smallest absolute Gasteiger partial charge is 0.240 e. The fraction of sp³-hybridized carbons (Fsp3) is 0.167. The predicted octanol–water partition coefficient (Wildman–Crippen LogP) is 3.52. The molecular formula is C18H17ClN2O4S. The van der Waals surface area contributed by atoms with Crippen molar-refractivity contribution in [3.05, 3.63) is 65.3 Å². The molecule has 3 rings (SSSR count). The Morgan fingerprint density at radius 3 is 2.65 bits per heavy atom. The van der Waals surface area contributed by atoms with Crippen molar-refractivity contribution in [2.45, 2.75) is 11.3 Å². The van der Waals surface area contributed by atoms with Crippen LogP contribution in [0, 0.1) is 0 Å². The van der Waals surface area contributed by atoms with Crippen molar-refractivity contribution in [2.24, 2.45) is 0 Å². The Hall–Kier alpha value is -2.35. The molecule has 0 aliphatic rings. The van der Waals surface area contributed by atoms with E-state index in [1.54, 1.807) is 13.2 Å². The van der Waals surface area contributed by atoms with Crippen LogP contribution < -0.4 is 9.46 Å². The minimum absolute atomic E-state index is 0.166. The predicted molar refractivity (Wildman–Crippen MR) is 98.8 cm³/mol. The largest absolute Gasteiger partial charge is 0.497 e. The Morgan fingerprint density at radius 1 is 1.15 bits per heavy atom. The van der Waals surface area contributed by atoms with Gasteiger partial charge in [0.05, 0.1) is 17.7 Å². The molecule has 2 aromatic carbocycles. The van der Waals surface area contributed by atoms with Gasteiger partial charge < -0.3 is 9.26 Å². The SMILES string of the molecule is COc1cccc(-c2cc(CCNS(=O)(=O)c3ccc(Cl)cc3)no2)c1. The molecule has 0 saturated carbocycles. The van der Waals surface area contributed by atoms with E-state index >= 15 is 0 Å². The molecule has 26 heavy (non-hydrogen) atoms. The van der Waals surface area contributed by atoms with Crippen LogP contribution in [0.2, 0.25) is 5.02 Å². The zero-order valence-corrected chi connectivity index (χ0v) is 15.5. The Kier molecular flexibility index (Phi) is 5.61. The number of aromatic nitrogens is 1. The number of benzene rings is 2. The Morgan fingerprint density at radius 2 is 1.92 bits per heavy atom. The molecule has 0 aliphatic heterocycles. The van der Waals surface area contributed by atoms with E-state index in [1.807, 2.05) is 24.3 Å². The third kappa shape index (κ3) is 4.43. The molecule has 0 atom stereocenters. The van der Waals surface area contributed by atoms with Crippen molar-refractivity contribution in [1.82, 2.24) is 9.88 Å². The van der Waals surface area contributed by atoms with Crippen LogP contribution in [0.15, 0.2) is 64.0 Å². The summed E-state index contributed by atoms with van der Waals surface area (Å²) >= 11 is 5.78. The fourth-order valence-corrected chi connectivity index (χ4v) is 3.51. The van der Waals surface area contributed by atoms with Gasteiger partial charge in [-0.2, -0.15) is 0 Å². The average molecular weight is 393 g/mol. The highest BCUT2D eigenvalue weighted by Gasteiger charge is 2.14. The monoisotopic (exact) mass is 392 g/mol. The minimum atomic E-state index is -3.59. The number of nitrogens with one attached hydrogen (secondary N) is 1. The molecule has 0 spiro atoms. The van der Waals surface area contributed by atoms with Gasteiger partial charge in [-0.15, -0.1) is 0 Å². The molecule has 8 heteroatoms. The zero-order chi connectivity index (χ0) is 18.6. The minimum Gasteiger partial charge on any atom is -0.497 e. The number of sulfonamides is 1. The van der Waals surface area contributed by atoms with Gasteiger partial charge in [-0.05, 0) is 36.4 Å². The van der Waals surface area contributed by atoms with Gasteiger partial charge in [-0.25, -0.2) is 13.1 Å². The van der Waals surface area contributed by atoms with Crippen LogP contribution >= 0.6 is 11.6 Å². The number of rotatable bonds is 7. The molecule has 0 aliphatic carbocycles. The van der Waals surface area contributed by atoms with Crippen LogP contribution in [0.1, 0.15) is 5.69 Å². The second-order valence-corrected chi connectivity index (χ2v) is 7.72. The lowest BCUT2D eigenvalue weighted by Gasteiger charge is -2.05. The Balaban J connectivity index is 1.62. The quantitative estimate of drug-likeness (QED) is 0.665. The molecular weight excluding hydrogens is 376 g/mol. The van der Waals surface area contributed by atoms with Gasteiger partial charge in [0.1, 0.15) is 5.75 Å². The molecule has 0 saturated heterocycles. The summed E-state index contributed by atoms with van der Waals surface area (Å²) in [6.07, 6.45) is 0.403. The molecule has 6 nitrogen and oxygen atoms in total. The lowest BCUT2D eigenvalue weighted by Crippen LogP contribution is -2.26. The molecule has 136 valence electrons. The molecule has 1 N–H and O–H groups in total. The van der Waals surface area contributed by atoms with E-state index in [0.717, 1.165) is 11.3 Å². The number of methoxy groups -OCH3 is 1. The number of halogens is 1. The van der Waals surface area contributed by atoms with Gasteiger partial charge in [0.25, 0.3) is 0 Å². The first-order chi connectivity index (χ1) is 12.5. The van der Waals surface area contributed by atoms with Crippen molar-refractivity contribution >= 4 is 21.6 Å². The number of hydrogen-bond donors (Lipinski definition) is 1. The standard InChI is InChI=1S/C18H17ClN2O4S/c1-24-16-4-2-3-13(11-16)18-12-15(21-25-18)9-10-20-26(22,23)17-7-5-14(19)6-8-17/h2-8,11-12,20H,9-10H2,1H3. The van der Waals surface area contributed by atoms with Crippen LogP contribution in [0.5, 0.6) is 5.75 Å². The van der Waals surface area contributed by atoms with Gasteiger partial charge in [0.15, 0.2) is 5.76 Å².